The molecule has 0 aromatic rings. The third kappa shape index (κ3) is 5.46. The molecule has 1 aliphatic rings. The molecule has 0 aromatic heterocycles. The number of rotatable bonds is 7. The molecule has 0 unspecified atom stereocenters. The van der Waals surface area contributed by atoms with E-state index in [0.29, 0.717) is 0 Å². The Bertz CT molecular complexity index is 149. The van der Waals surface area contributed by atoms with Crippen LogP contribution >= 0.6 is 23.4 Å². The Kier molecular flexibility index (Phi) is 7.94. The van der Waals surface area contributed by atoms with E-state index in [-0.39, 0.29) is 0 Å². The van der Waals surface area contributed by atoms with Gasteiger partial charge in [0, 0.05) is 18.5 Å². The smallest absolute Gasteiger partial charge is 0.0351 e. The van der Waals surface area contributed by atoms with Crippen LogP contribution in [0.15, 0.2) is 0 Å². The van der Waals surface area contributed by atoms with Gasteiger partial charge in [-0.25, -0.2) is 0 Å². The minimum absolute atomic E-state index is 0.787. The van der Waals surface area contributed by atoms with Gasteiger partial charge >= 0.3 is 0 Å². The van der Waals surface area contributed by atoms with E-state index in [0.717, 1.165) is 18.5 Å². The standard InChI is InChI=1S/C12H24ClNS/c1-15-11-5-9-14(10-8-13)12-6-3-2-4-7-12/h12H,2-11H2,1H3. The summed E-state index contributed by atoms with van der Waals surface area (Å²) in [4.78, 5) is 2.63. The number of alkyl halides is 1. The summed E-state index contributed by atoms with van der Waals surface area (Å²) >= 11 is 7.83. The van der Waals surface area contributed by atoms with Crippen molar-refractivity contribution >= 4 is 23.4 Å². The Morgan fingerprint density at radius 3 is 2.53 bits per heavy atom. The van der Waals surface area contributed by atoms with Crippen LogP contribution in [0, 0.1) is 0 Å². The predicted octanol–water partition coefficient (Wildman–Crippen LogP) is 3.61. The highest BCUT2D eigenvalue weighted by Crippen LogP contribution is 2.22. The van der Waals surface area contributed by atoms with Crippen molar-refractivity contribution in [1.29, 1.82) is 0 Å². The average Bonchev–Trinajstić information content (AvgIpc) is 2.29. The molecule has 0 atom stereocenters. The SMILES string of the molecule is CSCCCN(CCCl)C1CCCCC1. The molecule has 0 amide bonds. The van der Waals surface area contributed by atoms with Crippen LogP contribution in [0.4, 0.5) is 0 Å². The lowest BCUT2D eigenvalue weighted by Crippen LogP contribution is -2.39. The molecule has 0 saturated heterocycles. The quantitative estimate of drug-likeness (QED) is 0.501. The summed E-state index contributed by atoms with van der Waals surface area (Å²) in [6, 6.07) is 0.833. The van der Waals surface area contributed by atoms with Crippen LogP contribution in [-0.4, -0.2) is 41.9 Å². The molecule has 3 heteroatoms. The van der Waals surface area contributed by atoms with Crippen LogP contribution in [0.1, 0.15) is 38.5 Å². The zero-order chi connectivity index (χ0) is 10.9. The monoisotopic (exact) mass is 249 g/mol. The molecule has 1 nitrogen and oxygen atoms in total. The van der Waals surface area contributed by atoms with Gasteiger partial charge < -0.3 is 0 Å². The van der Waals surface area contributed by atoms with E-state index >= 15 is 0 Å². The van der Waals surface area contributed by atoms with Crippen LogP contribution in [0.5, 0.6) is 0 Å². The summed E-state index contributed by atoms with van der Waals surface area (Å²) in [5, 5.41) is 0. The predicted molar refractivity (Wildman–Crippen MR) is 72.2 cm³/mol. The molecule has 0 radical (unpaired) electrons. The van der Waals surface area contributed by atoms with Crippen LogP contribution in [-0.2, 0) is 0 Å². The van der Waals surface area contributed by atoms with E-state index in [1.807, 2.05) is 11.8 Å². The number of hydrogen-bond donors (Lipinski definition) is 0. The third-order valence-electron chi connectivity index (χ3n) is 3.26. The lowest BCUT2D eigenvalue weighted by atomic mass is 9.94. The summed E-state index contributed by atoms with van der Waals surface area (Å²) in [5.74, 6) is 2.07. The van der Waals surface area contributed by atoms with Crippen molar-refractivity contribution in [1.82, 2.24) is 4.90 Å². The maximum atomic E-state index is 5.88. The fourth-order valence-corrected chi connectivity index (χ4v) is 3.08. The van der Waals surface area contributed by atoms with Gasteiger partial charge in [-0.15, -0.1) is 11.6 Å². The summed E-state index contributed by atoms with van der Waals surface area (Å²) < 4.78 is 0. The molecule has 0 spiro atoms. The van der Waals surface area contributed by atoms with Crippen molar-refractivity contribution in [3.8, 4) is 0 Å². The minimum Gasteiger partial charge on any atom is -0.299 e. The molecular formula is C12H24ClNS. The van der Waals surface area contributed by atoms with Crippen molar-refractivity contribution in [3.05, 3.63) is 0 Å². The molecule has 0 bridgehead atoms. The van der Waals surface area contributed by atoms with Gasteiger partial charge in [-0.1, -0.05) is 19.3 Å². The van der Waals surface area contributed by atoms with E-state index in [4.69, 9.17) is 11.6 Å². The Morgan fingerprint density at radius 2 is 1.93 bits per heavy atom. The summed E-state index contributed by atoms with van der Waals surface area (Å²) in [7, 11) is 0. The molecule has 1 fully saturated rings. The molecule has 0 heterocycles. The number of thioether (sulfide) groups is 1. The zero-order valence-electron chi connectivity index (χ0n) is 9.88. The largest absolute Gasteiger partial charge is 0.299 e. The van der Waals surface area contributed by atoms with Gasteiger partial charge in [0.2, 0.25) is 0 Å². The fraction of sp³-hybridized carbons (Fsp3) is 1.00. The zero-order valence-corrected chi connectivity index (χ0v) is 11.5. The van der Waals surface area contributed by atoms with E-state index in [2.05, 4.69) is 11.2 Å². The first-order valence-electron chi connectivity index (χ1n) is 6.17. The fourth-order valence-electron chi connectivity index (χ4n) is 2.44. The lowest BCUT2D eigenvalue weighted by Gasteiger charge is -2.33. The molecule has 90 valence electrons. The van der Waals surface area contributed by atoms with E-state index in [9.17, 15) is 0 Å². The van der Waals surface area contributed by atoms with Crippen molar-refractivity contribution in [3.63, 3.8) is 0 Å². The number of nitrogens with zero attached hydrogens (tertiary/aromatic N) is 1. The van der Waals surface area contributed by atoms with Crippen molar-refractivity contribution in [2.75, 3.05) is 31.0 Å². The Hall–Kier alpha value is 0.600. The maximum Gasteiger partial charge on any atom is 0.0351 e. The lowest BCUT2D eigenvalue weighted by molar-refractivity contribution is 0.165. The summed E-state index contributed by atoms with van der Waals surface area (Å²) in [6.45, 7) is 2.33. The van der Waals surface area contributed by atoms with E-state index in [1.165, 1.54) is 50.8 Å². The molecular weight excluding hydrogens is 226 g/mol. The first kappa shape index (κ1) is 13.7. The second-order valence-electron chi connectivity index (χ2n) is 4.36. The topological polar surface area (TPSA) is 3.24 Å². The van der Waals surface area contributed by atoms with Crippen LogP contribution in [0.2, 0.25) is 0 Å². The Morgan fingerprint density at radius 1 is 1.20 bits per heavy atom. The van der Waals surface area contributed by atoms with E-state index in [1.54, 1.807) is 0 Å². The highest BCUT2D eigenvalue weighted by atomic mass is 35.5. The third-order valence-corrected chi connectivity index (χ3v) is 4.12. The van der Waals surface area contributed by atoms with Crippen molar-refractivity contribution in [2.45, 2.75) is 44.6 Å². The van der Waals surface area contributed by atoms with Gasteiger partial charge in [-0.05, 0) is 37.8 Å². The highest BCUT2D eigenvalue weighted by Gasteiger charge is 2.19. The summed E-state index contributed by atoms with van der Waals surface area (Å²) in [6.07, 6.45) is 10.6. The number of halogens is 1. The number of hydrogen-bond acceptors (Lipinski definition) is 2. The second-order valence-corrected chi connectivity index (χ2v) is 5.73. The molecule has 1 aliphatic carbocycles. The van der Waals surface area contributed by atoms with Gasteiger partial charge in [-0.2, -0.15) is 11.8 Å². The maximum absolute atomic E-state index is 5.88. The Labute approximate surface area is 104 Å². The van der Waals surface area contributed by atoms with Gasteiger partial charge in [-0.3, -0.25) is 4.90 Å². The summed E-state index contributed by atoms with van der Waals surface area (Å²) in [5.41, 5.74) is 0. The highest BCUT2D eigenvalue weighted by molar-refractivity contribution is 7.98. The van der Waals surface area contributed by atoms with Crippen LogP contribution in [0.3, 0.4) is 0 Å². The molecule has 1 rings (SSSR count). The Balaban J connectivity index is 2.26. The van der Waals surface area contributed by atoms with Gasteiger partial charge in [0.25, 0.3) is 0 Å². The normalized spacial score (nSPS) is 18.6. The van der Waals surface area contributed by atoms with Gasteiger partial charge in [0.05, 0.1) is 0 Å². The van der Waals surface area contributed by atoms with Crippen LogP contribution in [0.25, 0.3) is 0 Å². The first-order valence-corrected chi connectivity index (χ1v) is 8.10. The van der Waals surface area contributed by atoms with Crippen molar-refractivity contribution in [2.24, 2.45) is 0 Å². The molecule has 1 saturated carbocycles. The molecule has 0 N–H and O–H groups in total. The van der Waals surface area contributed by atoms with Crippen LogP contribution < -0.4 is 0 Å². The average molecular weight is 250 g/mol. The molecule has 15 heavy (non-hydrogen) atoms. The second kappa shape index (κ2) is 8.72. The van der Waals surface area contributed by atoms with Crippen molar-refractivity contribution < 1.29 is 0 Å². The molecule has 0 aliphatic heterocycles. The van der Waals surface area contributed by atoms with Gasteiger partial charge in [0.15, 0.2) is 0 Å². The van der Waals surface area contributed by atoms with Gasteiger partial charge in [0.1, 0.15) is 0 Å². The molecule has 0 aromatic carbocycles. The minimum atomic E-state index is 0.787. The van der Waals surface area contributed by atoms with E-state index < -0.39 is 0 Å². The first-order chi connectivity index (χ1) is 7.38.